The number of carbonyl (C=O) groups is 1. The van der Waals surface area contributed by atoms with Gasteiger partial charge in [-0.2, -0.15) is 0 Å². The normalized spacial score (nSPS) is 11.0. The van der Waals surface area contributed by atoms with Crippen LogP contribution in [0.1, 0.15) is 13.8 Å². The molecule has 0 saturated carbocycles. The molecule has 0 aromatic carbocycles. The Hall–Kier alpha value is -1.03. The van der Waals surface area contributed by atoms with Crippen LogP contribution in [0.15, 0.2) is 12.3 Å². The van der Waals surface area contributed by atoms with Crippen molar-refractivity contribution in [3.8, 4) is 0 Å². The second kappa shape index (κ2) is 5.60. The van der Waals surface area contributed by atoms with Crippen molar-refractivity contribution in [3.05, 3.63) is 12.3 Å². The molecule has 2 N–H and O–H groups in total. The fourth-order valence-corrected chi connectivity index (χ4v) is 0.780. The topological polar surface area (TPSA) is 60.8 Å². The first-order valence-corrected chi connectivity index (χ1v) is 3.85. The lowest BCUT2D eigenvalue weighted by atomic mass is 10.3. The maximum atomic E-state index is 10.2. The van der Waals surface area contributed by atoms with Crippen molar-refractivity contribution in [1.29, 1.82) is 0 Å². The smallest absolute Gasteiger partial charge is 0.329 e. The quantitative estimate of drug-likeness (QED) is 0.586. The molecule has 0 heterocycles. The first-order valence-electron chi connectivity index (χ1n) is 3.85. The molecule has 0 aliphatic rings. The van der Waals surface area contributed by atoms with E-state index in [9.17, 15) is 4.79 Å². The summed E-state index contributed by atoms with van der Waals surface area (Å²) in [7, 11) is 0. The van der Waals surface area contributed by atoms with Crippen LogP contribution in [0.25, 0.3) is 0 Å². The molecule has 0 rings (SSSR count). The molecule has 0 aliphatic heterocycles. The second-order valence-corrected chi connectivity index (χ2v) is 2.71. The van der Waals surface area contributed by atoms with E-state index in [1.54, 1.807) is 4.90 Å². The van der Waals surface area contributed by atoms with E-state index in [4.69, 9.17) is 10.2 Å². The number of aliphatic hydroxyl groups excluding tert-OH is 1. The minimum absolute atomic E-state index is 0.0299. The summed E-state index contributed by atoms with van der Waals surface area (Å²) in [6.45, 7) is 4.35. The van der Waals surface area contributed by atoms with Gasteiger partial charge in [-0.3, -0.25) is 0 Å². The summed E-state index contributed by atoms with van der Waals surface area (Å²) in [5.41, 5.74) is 0. The Kier molecular flexibility index (Phi) is 5.12. The van der Waals surface area contributed by atoms with Crippen molar-refractivity contribution in [1.82, 2.24) is 4.90 Å². The van der Waals surface area contributed by atoms with E-state index in [0.717, 1.165) is 6.08 Å². The second-order valence-electron chi connectivity index (χ2n) is 2.71. The number of carboxylic acids is 1. The van der Waals surface area contributed by atoms with Crippen LogP contribution in [0.4, 0.5) is 0 Å². The Morgan fingerprint density at radius 3 is 2.50 bits per heavy atom. The third-order valence-electron chi connectivity index (χ3n) is 1.43. The molecule has 4 nitrogen and oxygen atoms in total. The third kappa shape index (κ3) is 4.73. The van der Waals surface area contributed by atoms with Crippen LogP contribution in [-0.2, 0) is 4.79 Å². The van der Waals surface area contributed by atoms with Gasteiger partial charge < -0.3 is 15.1 Å². The summed E-state index contributed by atoms with van der Waals surface area (Å²) in [5, 5.41) is 17.0. The van der Waals surface area contributed by atoms with E-state index in [0.29, 0.717) is 6.54 Å². The lowest BCUT2D eigenvalue weighted by Gasteiger charge is -2.23. The van der Waals surface area contributed by atoms with Gasteiger partial charge in [-0.05, 0) is 13.8 Å². The van der Waals surface area contributed by atoms with Crippen LogP contribution in [0.3, 0.4) is 0 Å². The fourth-order valence-electron chi connectivity index (χ4n) is 0.780. The Labute approximate surface area is 72.1 Å². The molecule has 0 aromatic heterocycles. The lowest BCUT2D eigenvalue weighted by molar-refractivity contribution is -0.131. The molecular weight excluding hydrogens is 158 g/mol. The molecule has 0 fully saturated rings. The van der Waals surface area contributed by atoms with Gasteiger partial charge in [0, 0.05) is 24.9 Å². The molecule has 4 heteroatoms. The highest BCUT2D eigenvalue weighted by Gasteiger charge is 2.02. The van der Waals surface area contributed by atoms with Crippen molar-refractivity contribution in [2.24, 2.45) is 0 Å². The minimum atomic E-state index is -0.974. The van der Waals surface area contributed by atoms with Crippen LogP contribution in [-0.4, -0.2) is 40.3 Å². The molecule has 70 valence electrons. The highest BCUT2D eigenvalue weighted by atomic mass is 16.4. The fraction of sp³-hybridized carbons (Fsp3) is 0.625. The molecule has 0 aliphatic carbocycles. The summed E-state index contributed by atoms with van der Waals surface area (Å²) in [6.07, 6.45) is 2.54. The van der Waals surface area contributed by atoms with Crippen molar-refractivity contribution < 1.29 is 15.0 Å². The largest absolute Gasteiger partial charge is 0.478 e. The van der Waals surface area contributed by atoms with Gasteiger partial charge in [-0.1, -0.05) is 0 Å². The van der Waals surface area contributed by atoms with Gasteiger partial charge >= 0.3 is 5.97 Å². The number of rotatable bonds is 5. The maximum absolute atomic E-state index is 10.2. The number of aliphatic carboxylic acids is 1. The number of hydrogen-bond acceptors (Lipinski definition) is 3. The highest BCUT2D eigenvalue weighted by Crippen LogP contribution is 1.97. The van der Waals surface area contributed by atoms with Crippen molar-refractivity contribution >= 4 is 5.97 Å². The van der Waals surface area contributed by atoms with Crippen LogP contribution < -0.4 is 0 Å². The predicted octanol–water partition coefficient (Wildman–Crippen LogP) is 0.287. The Morgan fingerprint density at radius 1 is 1.58 bits per heavy atom. The summed E-state index contributed by atoms with van der Waals surface area (Å²) < 4.78 is 0. The standard InChI is InChI=1S/C8H15NO3/c1-7(2)9(5-6-10)4-3-8(11)12/h3-4,7,10H,5-6H2,1-2H3,(H,11,12). The third-order valence-corrected chi connectivity index (χ3v) is 1.43. The summed E-state index contributed by atoms with van der Waals surface area (Å²) in [4.78, 5) is 11.9. The zero-order chi connectivity index (χ0) is 9.56. The molecule has 0 radical (unpaired) electrons. The van der Waals surface area contributed by atoms with Crippen LogP contribution in [0.2, 0.25) is 0 Å². The van der Waals surface area contributed by atoms with Crippen molar-refractivity contribution in [2.45, 2.75) is 19.9 Å². The zero-order valence-electron chi connectivity index (χ0n) is 7.40. The summed E-state index contributed by atoms with van der Waals surface area (Å²) in [6, 6.07) is 0.202. The Balaban J connectivity index is 4.03. The van der Waals surface area contributed by atoms with E-state index < -0.39 is 5.97 Å². The molecule has 0 aromatic rings. The van der Waals surface area contributed by atoms with E-state index >= 15 is 0 Å². The maximum Gasteiger partial charge on any atom is 0.329 e. The summed E-state index contributed by atoms with van der Waals surface area (Å²) >= 11 is 0. The average molecular weight is 173 g/mol. The first kappa shape index (κ1) is 11.0. The van der Waals surface area contributed by atoms with Gasteiger partial charge in [0.15, 0.2) is 0 Å². The number of carboxylic acid groups (broad SMARTS) is 1. The molecule has 0 saturated heterocycles. The van der Waals surface area contributed by atoms with Gasteiger partial charge in [0.1, 0.15) is 0 Å². The predicted molar refractivity (Wildman–Crippen MR) is 45.7 cm³/mol. The number of hydrogen-bond donors (Lipinski definition) is 2. The monoisotopic (exact) mass is 173 g/mol. The number of aliphatic hydroxyl groups is 1. The Bertz CT molecular complexity index is 166. The van der Waals surface area contributed by atoms with E-state index in [1.807, 2.05) is 13.8 Å². The highest BCUT2D eigenvalue weighted by molar-refractivity contribution is 5.79. The molecule has 0 unspecified atom stereocenters. The van der Waals surface area contributed by atoms with Gasteiger partial charge in [0.25, 0.3) is 0 Å². The lowest BCUT2D eigenvalue weighted by Crippen LogP contribution is -2.28. The van der Waals surface area contributed by atoms with E-state index in [-0.39, 0.29) is 12.6 Å². The molecule has 12 heavy (non-hydrogen) atoms. The van der Waals surface area contributed by atoms with Crippen LogP contribution in [0.5, 0.6) is 0 Å². The molecule has 0 spiro atoms. The molecule has 0 atom stereocenters. The Morgan fingerprint density at radius 2 is 2.17 bits per heavy atom. The minimum Gasteiger partial charge on any atom is -0.478 e. The van der Waals surface area contributed by atoms with Crippen molar-refractivity contribution in [2.75, 3.05) is 13.2 Å². The van der Waals surface area contributed by atoms with E-state index in [1.165, 1.54) is 6.20 Å². The zero-order valence-corrected chi connectivity index (χ0v) is 7.40. The van der Waals surface area contributed by atoms with Gasteiger partial charge in [-0.15, -0.1) is 0 Å². The number of nitrogens with zero attached hydrogens (tertiary/aromatic N) is 1. The molecular formula is C8H15NO3. The summed E-state index contributed by atoms with van der Waals surface area (Å²) in [5.74, 6) is -0.974. The van der Waals surface area contributed by atoms with Gasteiger partial charge in [0.2, 0.25) is 0 Å². The molecule has 0 amide bonds. The van der Waals surface area contributed by atoms with E-state index in [2.05, 4.69) is 0 Å². The SMILES string of the molecule is CC(C)N(C=CC(=O)O)CCO. The van der Waals surface area contributed by atoms with Crippen LogP contribution in [0, 0.1) is 0 Å². The average Bonchev–Trinajstić information content (AvgIpc) is 1.96. The van der Waals surface area contributed by atoms with Gasteiger partial charge in [-0.25, -0.2) is 4.79 Å². The van der Waals surface area contributed by atoms with Crippen LogP contribution >= 0.6 is 0 Å². The van der Waals surface area contributed by atoms with Crippen molar-refractivity contribution in [3.63, 3.8) is 0 Å². The van der Waals surface area contributed by atoms with Gasteiger partial charge in [0.05, 0.1) is 6.61 Å². The first-order chi connectivity index (χ1) is 5.57. The molecule has 0 bridgehead atoms.